The Bertz CT molecular complexity index is 1090. The Morgan fingerprint density at radius 3 is 2.58 bits per heavy atom. The van der Waals surface area contributed by atoms with Crippen molar-refractivity contribution >= 4 is 17.4 Å². The lowest BCUT2D eigenvalue weighted by molar-refractivity contribution is 0.0204. The van der Waals surface area contributed by atoms with Crippen LogP contribution in [-0.4, -0.2) is 34.7 Å². The molecule has 2 heterocycles. The van der Waals surface area contributed by atoms with Crippen LogP contribution >= 0.6 is 11.3 Å². The Hall–Kier alpha value is -2.93. The highest BCUT2D eigenvalue weighted by atomic mass is 32.1. The topological polar surface area (TPSA) is 51.7 Å². The quantitative estimate of drug-likeness (QED) is 0.421. The van der Waals surface area contributed by atoms with Crippen molar-refractivity contribution in [3.63, 3.8) is 0 Å². The number of likely N-dealkylation sites (tertiary alicyclic amines) is 1. The number of halogens is 1. The molecule has 0 unspecified atom stereocenters. The molecule has 2 aromatic carbocycles. The molecule has 1 saturated heterocycles. The summed E-state index contributed by atoms with van der Waals surface area (Å²) in [5.41, 5.74) is 1.95. The zero-order valence-corrected chi connectivity index (χ0v) is 20.0. The molecule has 5 nitrogen and oxygen atoms in total. The van der Waals surface area contributed by atoms with Crippen molar-refractivity contribution in [3.05, 3.63) is 71.0 Å². The SMILES string of the molecule is CC(C)(C)OC(=O)N1CCC(c2csc(-c3cc(OCc4ccccc4)ccc3F)n2)CC1. The van der Waals surface area contributed by atoms with Crippen molar-refractivity contribution < 1.29 is 18.7 Å². The summed E-state index contributed by atoms with van der Waals surface area (Å²) in [7, 11) is 0. The molecule has 1 aromatic heterocycles. The Morgan fingerprint density at radius 2 is 1.88 bits per heavy atom. The first-order valence-electron chi connectivity index (χ1n) is 11.2. The number of nitrogens with zero attached hydrogens (tertiary/aromatic N) is 2. The molecule has 33 heavy (non-hydrogen) atoms. The first-order valence-corrected chi connectivity index (χ1v) is 12.1. The minimum atomic E-state index is -0.499. The molecular formula is C26H29FN2O3S. The maximum Gasteiger partial charge on any atom is 0.410 e. The van der Waals surface area contributed by atoms with E-state index in [2.05, 4.69) is 0 Å². The van der Waals surface area contributed by atoms with Gasteiger partial charge in [0.1, 0.15) is 28.8 Å². The molecule has 0 spiro atoms. The van der Waals surface area contributed by atoms with Crippen LogP contribution in [0.3, 0.4) is 0 Å². The van der Waals surface area contributed by atoms with Crippen molar-refractivity contribution in [1.82, 2.24) is 9.88 Å². The number of piperidine rings is 1. The Labute approximate surface area is 198 Å². The van der Waals surface area contributed by atoms with Gasteiger partial charge >= 0.3 is 6.09 Å². The van der Waals surface area contributed by atoms with Crippen LogP contribution in [0.5, 0.6) is 5.75 Å². The van der Waals surface area contributed by atoms with E-state index >= 15 is 0 Å². The minimum absolute atomic E-state index is 0.245. The first-order chi connectivity index (χ1) is 15.8. The number of thiazole rings is 1. The molecule has 1 fully saturated rings. The van der Waals surface area contributed by atoms with Crippen LogP contribution in [0.2, 0.25) is 0 Å². The van der Waals surface area contributed by atoms with Crippen molar-refractivity contribution in [2.75, 3.05) is 13.1 Å². The molecule has 7 heteroatoms. The molecule has 3 aromatic rings. The van der Waals surface area contributed by atoms with E-state index in [1.807, 2.05) is 56.5 Å². The van der Waals surface area contributed by atoms with Gasteiger partial charge in [0, 0.05) is 30.0 Å². The fraction of sp³-hybridized carbons (Fsp3) is 0.385. The molecule has 4 rings (SSSR count). The summed E-state index contributed by atoms with van der Waals surface area (Å²) in [5, 5.41) is 2.64. The van der Waals surface area contributed by atoms with Gasteiger partial charge in [0.2, 0.25) is 0 Å². The van der Waals surface area contributed by atoms with Crippen molar-refractivity contribution in [3.8, 4) is 16.3 Å². The van der Waals surface area contributed by atoms with Gasteiger partial charge in [-0.25, -0.2) is 14.2 Å². The van der Waals surface area contributed by atoms with Gasteiger partial charge in [-0.1, -0.05) is 30.3 Å². The average molecular weight is 469 g/mol. The van der Waals surface area contributed by atoms with Gasteiger partial charge in [0.15, 0.2) is 0 Å². The van der Waals surface area contributed by atoms with Crippen molar-refractivity contribution in [2.45, 2.75) is 51.7 Å². The normalized spacial score (nSPS) is 14.8. The Balaban J connectivity index is 1.40. The zero-order valence-electron chi connectivity index (χ0n) is 19.2. The maximum absolute atomic E-state index is 14.6. The smallest absolute Gasteiger partial charge is 0.410 e. The monoisotopic (exact) mass is 468 g/mol. The fourth-order valence-corrected chi connectivity index (χ4v) is 4.70. The number of carbonyl (C=O) groups is 1. The van der Waals surface area contributed by atoms with Crippen LogP contribution < -0.4 is 4.74 Å². The van der Waals surface area contributed by atoms with E-state index < -0.39 is 5.60 Å². The third-order valence-electron chi connectivity index (χ3n) is 5.50. The second-order valence-corrected chi connectivity index (χ2v) is 10.1. The van der Waals surface area contributed by atoms with Gasteiger partial charge in [-0.3, -0.25) is 0 Å². The summed E-state index contributed by atoms with van der Waals surface area (Å²) in [5.74, 6) is 0.537. The van der Waals surface area contributed by atoms with Crippen LogP contribution in [0.1, 0.15) is 50.8 Å². The summed E-state index contributed by atoms with van der Waals surface area (Å²) >= 11 is 1.44. The molecular weight excluding hydrogens is 439 g/mol. The summed E-state index contributed by atoms with van der Waals surface area (Å²) in [6.07, 6.45) is 1.35. The Kier molecular flexibility index (Phi) is 6.98. The number of amides is 1. The van der Waals surface area contributed by atoms with Gasteiger partial charge in [-0.2, -0.15) is 0 Å². The second kappa shape index (κ2) is 9.91. The first kappa shape index (κ1) is 23.2. The van der Waals surface area contributed by atoms with Gasteiger partial charge in [0.05, 0.1) is 5.69 Å². The van der Waals surface area contributed by atoms with Crippen LogP contribution in [0.25, 0.3) is 10.6 Å². The molecule has 1 aliphatic rings. The minimum Gasteiger partial charge on any atom is -0.489 e. The number of rotatable bonds is 5. The predicted octanol–water partition coefficient (Wildman–Crippen LogP) is 6.64. The van der Waals surface area contributed by atoms with E-state index in [1.54, 1.807) is 17.0 Å². The number of hydrogen-bond donors (Lipinski definition) is 0. The van der Waals surface area contributed by atoms with E-state index in [4.69, 9.17) is 14.5 Å². The highest BCUT2D eigenvalue weighted by molar-refractivity contribution is 7.13. The Morgan fingerprint density at radius 1 is 1.15 bits per heavy atom. The van der Waals surface area contributed by atoms with Crippen LogP contribution in [0.4, 0.5) is 9.18 Å². The van der Waals surface area contributed by atoms with Gasteiger partial charge in [0.25, 0.3) is 0 Å². The van der Waals surface area contributed by atoms with Crippen molar-refractivity contribution in [2.24, 2.45) is 0 Å². The van der Waals surface area contributed by atoms with Gasteiger partial charge in [-0.05, 0) is 57.4 Å². The number of benzene rings is 2. The van der Waals surface area contributed by atoms with E-state index in [1.165, 1.54) is 17.4 Å². The number of aromatic nitrogens is 1. The van der Waals surface area contributed by atoms with Crippen molar-refractivity contribution in [1.29, 1.82) is 0 Å². The van der Waals surface area contributed by atoms with Gasteiger partial charge < -0.3 is 14.4 Å². The van der Waals surface area contributed by atoms with E-state index in [0.717, 1.165) is 24.1 Å². The fourth-order valence-electron chi connectivity index (χ4n) is 3.78. The van der Waals surface area contributed by atoms with Crippen LogP contribution in [-0.2, 0) is 11.3 Å². The molecule has 0 radical (unpaired) electrons. The maximum atomic E-state index is 14.6. The number of hydrogen-bond acceptors (Lipinski definition) is 5. The third kappa shape index (κ3) is 6.11. The highest BCUT2D eigenvalue weighted by Crippen LogP contribution is 2.35. The summed E-state index contributed by atoms with van der Waals surface area (Å²) in [6, 6.07) is 14.6. The zero-order chi connectivity index (χ0) is 23.4. The molecule has 174 valence electrons. The third-order valence-corrected chi connectivity index (χ3v) is 6.40. The molecule has 0 saturated carbocycles. The summed E-state index contributed by atoms with van der Waals surface area (Å²) in [6.45, 7) is 7.29. The lowest BCUT2D eigenvalue weighted by atomic mass is 9.94. The van der Waals surface area contributed by atoms with Crippen LogP contribution in [0, 0.1) is 5.82 Å². The van der Waals surface area contributed by atoms with Gasteiger partial charge in [-0.15, -0.1) is 11.3 Å². The molecule has 0 N–H and O–H groups in total. The second-order valence-electron chi connectivity index (χ2n) is 9.24. The van der Waals surface area contributed by atoms with Crippen LogP contribution in [0.15, 0.2) is 53.9 Å². The summed E-state index contributed by atoms with van der Waals surface area (Å²) < 4.78 is 25.9. The average Bonchev–Trinajstić information content (AvgIpc) is 3.28. The number of carbonyl (C=O) groups excluding carboxylic acids is 1. The molecule has 0 aliphatic carbocycles. The molecule has 0 bridgehead atoms. The summed E-state index contributed by atoms with van der Waals surface area (Å²) in [4.78, 5) is 18.8. The molecule has 1 aliphatic heterocycles. The number of ether oxygens (including phenoxy) is 2. The van der Waals surface area contributed by atoms with E-state index in [9.17, 15) is 9.18 Å². The molecule has 1 amide bonds. The molecule has 0 atom stereocenters. The standard InChI is InChI=1S/C26H29FN2O3S/c1-26(2,3)32-25(30)29-13-11-19(12-14-29)23-17-33-24(28-23)21-15-20(9-10-22(21)27)31-16-18-7-5-4-6-8-18/h4-10,15,17,19H,11-14,16H2,1-3H3. The highest BCUT2D eigenvalue weighted by Gasteiger charge is 2.28. The van der Waals surface area contributed by atoms with E-state index in [-0.39, 0.29) is 17.8 Å². The predicted molar refractivity (Wildman–Crippen MR) is 128 cm³/mol. The van der Waals surface area contributed by atoms with E-state index in [0.29, 0.717) is 36.0 Å². The largest absolute Gasteiger partial charge is 0.489 e. The lowest BCUT2D eigenvalue weighted by Gasteiger charge is -2.32. The lowest BCUT2D eigenvalue weighted by Crippen LogP contribution is -2.41.